The number of hydrogen-bond donors (Lipinski definition) is 2. The SMILES string of the molecule is CCOC(=O)[C@@H](O)[C@@H](NC(=O)c1ccccc1Cl)c1ccccc1. The number of hydrogen-bond acceptors (Lipinski definition) is 4. The number of amides is 1. The zero-order chi connectivity index (χ0) is 17.5. The molecule has 0 aliphatic carbocycles. The lowest BCUT2D eigenvalue weighted by Gasteiger charge is -2.23. The first kappa shape index (κ1) is 18.0. The van der Waals surface area contributed by atoms with Crippen molar-refractivity contribution in [3.05, 3.63) is 70.7 Å². The Kier molecular flexibility index (Phi) is 6.35. The number of carbonyl (C=O) groups is 2. The number of aliphatic hydroxyl groups is 1. The molecule has 0 radical (unpaired) electrons. The maximum atomic E-state index is 12.5. The van der Waals surface area contributed by atoms with E-state index in [4.69, 9.17) is 16.3 Å². The number of aliphatic hydroxyl groups excluding tert-OH is 1. The third kappa shape index (κ3) is 4.34. The van der Waals surface area contributed by atoms with Crippen LogP contribution in [0.25, 0.3) is 0 Å². The second-order valence-electron chi connectivity index (χ2n) is 5.04. The minimum absolute atomic E-state index is 0.135. The average Bonchev–Trinajstić information content (AvgIpc) is 2.60. The number of rotatable bonds is 6. The molecular weight excluding hydrogens is 330 g/mol. The van der Waals surface area contributed by atoms with E-state index in [2.05, 4.69) is 5.32 Å². The topological polar surface area (TPSA) is 75.6 Å². The fourth-order valence-electron chi connectivity index (χ4n) is 2.23. The molecule has 6 heteroatoms. The van der Waals surface area contributed by atoms with Crippen LogP contribution in [0.2, 0.25) is 5.02 Å². The molecular formula is C18H18ClNO4. The fraction of sp³-hybridized carbons (Fsp3) is 0.222. The van der Waals surface area contributed by atoms with E-state index in [0.717, 1.165) is 0 Å². The Balaban J connectivity index is 2.28. The van der Waals surface area contributed by atoms with Crippen LogP contribution in [-0.4, -0.2) is 29.7 Å². The molecule has 0 saturated heterocycles. The number of esters is 1. The van der Waals surface area contributed by atoms with Gasteiger partial charge in [-0.05, 0) is 24.6 Å². The zero-order valence-corrected chi connectivity index (χ0v) is 13.9. The van der Waals surface area contributed by atoms with Crippen LogP contribution < -0.4 is 5.32 Å². The predicted molar refractivity (Wildman–Crippen MR) is 90.7 cm³/mol. The molecule has 126 valence electrons. The van der Waals surface area contributed by atoms with E-state index in [1.54, 1.807) is 61.5 Å². The number of nitrogens with one attached hydrogen (secondary N) is 1. The van der Waals surface area contributed by atoms with Gasteiger partial charge < -0.3 is 15.2 Å². The molecule has 2 rings (SSSR count). The third-order valence-electron chi connectivity index (χ3n) is 3.41. The van der Waals surface area contributed by atoms with Crippen molar-refractivity contribution in [1.82, 2.24) is 5.32 Å². The van der Waals surface area contributed by atoms with Gasteiger partial charge in [0.15, 0.2) is 6.10 Å². The van der Waals surface area contributed by atoms with Crippen molar-refractivity contribution in [3.63, 3.8) is 0 Å². The summed E-state index contributed by atoms with van der Waals surface area (Å²) in [5.41, 5.74) is 0.842. The van der Waals surface area contributed by atoms with E-state index in [1.165, 1.54) is 0 Å². The fourth-order valence-corrected chi connectivity index (χ4v) is 2.45. The smallest absolute Gasteiger partial charge is 0.337 e. The van der Waals surface area contributed by atoms with Crippen molar-refractivity contribution in [2.75, 3.05) is 6.61 Å². The van der Waals surface area contributed by atoms with Crippen molar-refractivity contribution in [1.29, 1.82) is 0 Å². The van der Waals surface area contributed by atoms with Gasteiger partial charge in [0.25, 0.3) is 5.91 Å². The molecule has 2 aromatic rings. The van der Waals surface area contributed by atoms with E-state index in [9.17, 15) is 14.7 Å². The first-order chi connectivity index (χ1) is 11.5. The van der Waals surface area contributed by atoms with Gasteiger partial charge in [-0.3, -0.25) is 4.79 Å². The highest BCUT2D eigenvalue weighted by atomic mass is 35.5. The Labute approximate surface area is 145 Å². The summed E-state index contributed by atoms with van der Waals surface area (Å²) in [6.45, 7) is 1.78. The van der Waals surface area contributed by atoms with Crippen molar-refractivity contribution >= 4 is 23.5 Å². The lowest BCUT2D eigenvalue weighted by atomic mass is 10.0. The zero-order valence-electron chi connectivity index (χ0n) is 13.1. The molecule has 2 aromatic carbocycles. The van der Waals surface area contributed by atoms with Crippen molar-refractivity contribution in [2.45, 2.75) is 19.1 Å². The summed E-state index contributed by atoms with van der Waals surface area (Å²) < 4.78 is 4.85. The molecule has 0 heterocycles. The molecule has 0 aromatic heterocycles. The molecule has 2 N–H and O–H groups in total. The summed E-state index contributed by atoms with van der Waals surface area (Å²) >= 11 is 6.03. The van der Waals surface area contributed by atoms with Crippen LogP contribution in [0.4, 0.5) is 0 Å². The van der Waals surface area contributed by atoms with Gasteiger partial charge in [0.05, 0.1) is 23.2 Å². The summed E-state index contributed by atoms with van der Waals surface area (Å²) in [6.07, 6.45) is -1.53. The van der Waals surface area contributed by atoms with Crippen LogP contribution in [0.5, 0.6) is 0 Å². The Hall–Kier alpha value is -2.37. The standard InChI is InChI=1S/C18H18ClNO4/c1-2-24-18(23)16(21)15(12-8-4-3-5-9-12)20-17(22)13-10-6-7-11-14(13)19/h3-11,15-16,21H,2H2,1H3,(H,20,22)/t15-,16-/m0/s1. The summed E-state index contributed by atoms with van der Waals surface area (Å²) in [5.74, 6) is -1.29. The van der Waals surface area contributed by atoms with Gasteiger partial charge in [-0.2, -0.15) is 0 Å². The van der Waals surface area contributed by atoms with Crippen LogP contribution in [0.1, 0.15) is 28.9 Å². The first-order valence-corrected chi connectivity index (χ1v) is 7.87. The van der Waals surface area contributed by atoms with Crippen LogP contribution in [-0.2, 0) is 9.53 Å². The van der Waals surface area contributed by atoms with Gasteiger partial charge in [-0.15, -0.1) is 0 Å². The van der Waals surface area contributed by atoms with Crippen LogP contribution in [0, 0.1) is 0 Å². The molecule has 2 atom stereocenters. The van der Waals surface area contributed by atoms with Gasteiger partial charge in [-0.25, -0.2) is 4.79 Å². The largest absolute Gasteiger partial charge is 0.464 e. The van der Waals surface area contributed by atoms with E-state index < -0.39 is 24.0 Å². The number of ether oxygens (including phenoxy) is 1. The Morgan fingerprint density at radius 2 is 1.75 bits per heavy atom. The molecule has 1 amide bonds. The van der Waals surface area contributed by atoms with Crippen LogP contribution in [0.3, 0.4) is 0 Å². The molecule has 0 saturated carbocycles. The summed E-state index contributed by atoms with van der Waals surface area (Å²) in [5, 5.41) is 13.2. The number of halogens is 1. The van der Waals surface area contributed by atoms with Crippen molar-refractivity contribution in [2.24, 2.45) is 0 Å². The van der Waals surface area contributed by atoms with E-state index in [-0.39, 0.29) is 17.2 Å². The second-order valence-corrected chi connectivity index (χ2v) is 5.45. The first-order valence-electron chi connectivity index (χ1n) is 7.49. The van der Waals surface area contributed by atoms with Crippen LogP contribution in [0.15, 0.2) is 54.6 Å². The molecule has 0 bridgehead atoms. The van der Waals surface area contributed by atoms with Crippen molar-refractivity contribution < 1.29 is 19.4 Å². The normalized spacial score (nSPS) is 13.0. The van der Waals surface area contributed by atoms with Gasteiger partial charge in [0.1, 0.15) is 0 Å². The lowest BCUT2D eigenvalue weighted by molar-refractivity contribution is -0.154. The highest BCUT2D eigenvalue weighted by Gasteiger charge is 2.30. The third-order valence-corrected chi connectivity index (χ3v) is 3.74. The van der Waals surface area contributed by atoms with Gasteiger partial charge in [-0.1, -0.05) is 54.1 Å². The molecule has 24 heavy (non-hydrogen) atoms. The minimum Gasteiger partial charge on any atom is -0.464 e. The Morgan fingerprint density at radius 3 is 2.38 bits per heavy atom. The predicted octanol–water partition coefficient (Wildman–Crippen LogP) is 2.74. The highest BCUT2D eigenvalue weighted by molar-refractivity contribution is 6.33. The van der Waals surface area contributed by atoms with E-state index in [0.29, 0.717) is 5.56 Å². The maximum Gasteiger partial charge on any atom is 0.337 e. The van der Waals surface area contributed by atoms with E-state index in [1.807, 2.05) is 0 Å². The van der Waals surface area contributed by atoms with Crippen molar-refractivity contribution in [3.8, 4) is 0 Å². The minimum atomic E-state index is -1.53. The maximum absolute atomic E-state index is 12.5. The number of carbonyl (C=O) groups excluding carboxylic acids is 2. The molecule has 0 spiro atoms. The Bertz CT molecular complexity index is 705. The second kappa shape index (κ2) is 8.47. The van der Waals surface area contributed by atoms with E-state index >= 15 is 0 Å². The molecule has 0 aliphatic heterocycles. The van der Waals surface area contributed by atoms with Gasteiger partial charge >= 0.3 is 5.97 Å². The highest BCUT2D eigenvalue weighted by Crippen LogP contribution is 2.21. The Morgan fingerprint density at radius 1 is 1.12 bits per heavy atom. The summed E-state index contributed by atoms with van der Waals surface area (Å²) in [6, 6.07) is 14.3. The number of benzene rings is 2. The summed E-state index contributed by atoms with van der Waals surface area (Å²) in [7, 11) is 0. The quantitative estimate of drug-likeness (QED) is 0.788. The van der Waals surface area contributed by atoms with Crippen LogP contribution >= 0.6 is 11.6 Å². The average molecular weight is 348 g/mol. The monoisotopic (exact) mass is 347 g/mol. The molecule has 0 unspecified atom stereocenters. The lowest BCUT2D eigenvalue weighted by Crippen LogP contribution is -2.41. The molecule has 0 fully saturated rings. The molecule has 5 nitrogen and oxygen atoms in total. The van der Waals surface area contributed by atoms with Gasteiger partial charge in [0.2, 0.25) is 0 Å². The molecule has 0 aliphatic rings. The van der Waals surface area contributed by atoms with Gasteiger partial charge in [0, 0.05) is 0 Å². The summed E-state index contributed by atoms with van der Waals surface area (Å²) in [4.78, 5) is 24.4.